The SMILES string of the molecule is C[C@H]1Nc2ccncc2NC1=O. The molecule has 2 heterocycles. The van der Waals surface area contributed by atoms with E-state index in [0.717, 1.165) is 11.4 Å². The maximum atomic E-state index is 11.2. The summed E-state index contributed by atoms with van der Waals surface area (Å²) in [6.07, 6.45) is 3.32. The molecule has 0 bridgehead atoms. The van der Waals surface area contributed by atoms with Gasteiger partial charge in [-0.05, 0) is 13.0 Å². The Morgan fingerprint density at radius 2 is 2.33 bits per heavy atom. The summed E-state index contributed by atoms with van der Waals surface area (Å²) in [7, 11) is 0. The minimum absolute atomic E-state index is 0.0181. The lowest BCUT2D eigenvalue weighted by Crippen LogP contribution is -2.36. The van der Waals surface area contributed by atoms with Crippen molar-refractivity contribution in [2.45, 2.75) is 13.0 Å². The van der Waals surface area contributed by atoms with Gasteiger partial charge in [-0.3, -0.25) is 9.78 Å². The van der Waals surface area contributed by atoms with Crippen molar-refractivity contribution in [3.8, 4) is 0 Å². The van der Waals surface area contributed by atoms with Gasteiger partial charge in [0.05, 0.1) is 17.6 Å². The van der Waals surface area contributed by atoms with Crippen molar-refractivity contribution in [3.05, 3.63) is 18.5 Å². The van der Waals surface area contributed by atoms with Gasteiger partial charge in [0.25, 0.3) is 0 Å². The van der Waals surface area contributed by atoms with Crippen LogP contribution in [0.5, 0.6) is 0 Å². The molecule has 0 fully saturated rings. The molecule has 0 spiro atoms. The summed E-state index contributed by atoms with van der Waals surface area (Å²) in [5.74, 6) is -0.0181. The second-order valence-corrected chi connectivity index (χ2v) is 2.78. The van der Waals surface area contributed by atoms with Gasteiger partial charge in [-0.15, -0.1) is 0 Å². The largest absolute Gasteiger partial charge is 0.372 e. The van der Waals surface area contributed by atoms with Crippen LogP contribution < -0.4 is 10.6 Å². The van der Waals surface area contributed by atoms with Crippen LogP contribution in [0, 0.1) is 0 Å². The molecule has 4 nitrogen and oxygen atoms in total. The van der Waals surface area contributed by atoms with Crippen LogP contribution in [-0.2, 0) is 4.79 Å². The van der Waals surface area contributed by atoms with E-state index in [1.54, 1.807) is 12.4 Å². The summed E-state index contributed by atoms with van der Waals surface area (Å²) in [5, 5.41) is 5.80. The van der Waals surface area contributed by atoms with Gasteiger partial charge in [-0.2, -0.15) is 0 Å². The number of carbonyl (C=O) groups is 1. The first-order valence-corrected chi connectivity index (χ1v) is 3.79. The smallest absolute Gasteiger partial charge is 0.246 e. The van der Waals surface area contributed by atoms with Gasteiger partial charge in [-0.1, -0.05) is 0 Å². The second kappa shape index (κ2) is 2.48. The first-order chi connectivity index (χ1) is 5.77. The van der Waals surface area contributed by atoms with Gasteiger partial charge < -0.3 is 10.6 Å². The predicted octanol–water partition coefficient (Wildman–Crippen LogP) is 0.834. The summed E-state index contributed by atoms with van der Waals surface area (Å²) in [4.78, 5) is 15.1. The number of anilines is 2. The molecule has 1 atom stereocenters. The third-order valence-corrected chi connectivity index (χ3v) is 1.84. The zero-order chi connectivity index (χ0) is 8.55. The third-order valence-electron chi connectivity index (χ3n) is 1.84. The minimum Gasteiger partial charge on any atom is -0.372 e. The molecule has 1 aromatic rings. The Morgan fingerprint density at radius 1 is 1.50 bits per heavy atom. The van der Waals surface area contributed by atoms with Crippen molar-refractivity contribution < 1.29 is 4.79 Å². The molecule has 1 aliphatic heterocycles. The highest BCUT2D eigenvalue weighted by atomic mass is 16.2. The highest BCUT2D eigenvalue weighted by Crippen LogP contribution is 2.24. The van der Waals surface area contributed by atoms with Gasteiger partial charge in [0.2, 0.25) is 5.91 Å². The van der Waals surface area contributed by atoms with E-state index in [4.69, 9.17) is 0 Å². The zero-order valence-electron chi connectivity index (χ0n) is 6.66. The molecular formula is C8H9N3O. The van der Waals surface area contributed by atoms with Crippen LogP contribution >= 0.6 is 0 Å². The molecule has 12 heavy (non-hydrogen) atoms. The van der Waals surface area contributed by atoms with Crippen LogP contribution in [0.2, 0.25) is 0 Å². The molecular weight excluding hydrogens is 154 g/mol. The van der Waals surface area contributed by atoms with Gasteiger partial charge >= 0.3 is 0 Å². The molecule has 1 aliphatic rings. The normalized spacial score (nSPS) is 20.8. The fraction of sp³-hybridized carbons (Fsp3) is 0.250. The summed E-state index contributed by atoms with van der Waals surface area (Å²) in [6, 6.07) is 1.67. The zero-order valence-corrected chi connectivity index (χ0v) is 6.66. The average Bonchev–Trinajstić information content (AvgIpc) is 2.07. The quantitative estimate of drug-likeness (QED) is 0.595. The Kier molecular flexibility index (Phi) is 1.46. The summed E-state index contributed by atoms with van der Waals surface area (Å²) in [6.45, 7) is 1.82. The fourth-order valence-corrected chi connectivity index (χ4v) is 1.16. The monoisotopic (exact) mass is 163 g/mol. The van der Waals surface area contributed by atoms with Gasteiger partial charge in [0.1, 0.15) is 6.04 Å². The molecule has 0 radical (unpaired) electrons. The number of aromatic nitrogens is 1. The number of nitrogens with one attached hydrogen (secondary N) is 2. The van der Waals surface area contributed by atoms with Gasteiger partial charge in [0, 0.05) is 6.20 Å². The van der Waals surface area contributed by atoms with Crippen LogP contribution in [0.4, 0.5) is 11.4 Å². The van der Waals surface area contributed by atoms with Crippen molar-refractivity contribution >= 4 is 17.3 Å². The fourth-order valence-electron chi connectivity index (χ4n) is 1.16. The minimum atomic E-state index is -0.167. The number of nitrogens with zero attached hydrogens (tertiary/aromatic N) is 1. The number of hydrogen-bond acceptors (Lipinski definition) is 3. The van der Waals surface area contributed by atoms with Crippen molar-refractivity contribution in [2.24, 2.45) is 0 Å². The summed E-state index contributed by atoms with van der Waals surface area (Å²) < 4.78 is 0. The standard InChI is InChI=1S/C8H9N3O/c1-5-8(12)11-7-4-9-3-2-6(7)10-5/h2-5,10H,1H3,(H,11,12)/t5-/m1/s1. The lowest BCUT2D eigenvalue weighted by atomic mass is 10.2. The molecule has 0 aliphatic carbocycles. The maximum Gasteiger partial charge on any atom is 0.246 e. The third kappa shape index (κ3) is 1.01. The number of pyridine rings is 1. The Hall–Kier alpha value is -1.58. The topological polar surface area (TPSA) is 54.0 Å². The van der Waals surface area contributed by atoms with Crippen LogP contribution in [0.15, 0.2) is 18.5 Å². The van der Waals surface area contributed by atoms with E-state index in [1.165, 1.54) is 0 Å². The highest BCUT2D eigenvalue weighted by molar-refractivity contribution is 6.02. The molecule has 2 rings (SSSR count). The predicted molar refractivity (Wildman–Crippen MR) is 46.0 cm³/mol. The summed E-state index contributed by atoms with van der Waals surface area (Å²) >= 11 is 0. The lowest BCUT2D eigenvalue weighted by molar-refractivity contribution is -0.116. The Labute approximate surface area is 70.0 Å². The first-order valence-electron chi connectivity index (χ1n) is 3.79. The molecule has 62 valence electrons. The van der Waals surface area contributed by atoms with Crippen LogP contribution in [0.25, 0.3) is 0 Å². The second-order valence-electron chi connectivity index (χ2n) is 2.78. The molecule has 1 aromatic heterocycles. The number of rotatable bonds is 0. The number of hydrogen-bond donors (Lipinski definition) is 2. The van der Waals surface area contributed by atoms with E-state index < -0.39 is 0 Å². The highest BCUT2D eigenvalue weighted by Gasteiger charge is 2.20. The molecule has 1 amide bonds. The molecule has 0 aromatic carbocycles. The first kappa shape index (κ1) is 7.09. The Bertz CT molecular complexity index is 324. The van der Waals surface area contributed by atoms with Crippen LogP contribution in [0.1, 0.15) is 6.92 Å². The Morgan fingerprint density at radius 3 is 3.17 bits per heavy atom. The van der Waals surface area contributed by atoms with Crippen molar-refractivity contribution in [1.82, 2.24) is 4.98 Å². The van der Waals surface area contributed by atoms with Crippen LogP contribution in [0.3, 0.4) is 0 Å². The maximum absolute atomic E-state index is 11.2. The van der Waals surface area contributed by atoms with E-state index in [2.05, 4.69) is 15.6 Å². The average molecular weight is 163 g/mol. The molecule has 4 heteroatoms. The molecule has 0 unspecified atom stereocenters. The van der Waals surface area contributed by atoms with E-state index in [-0.39, 0.29) is 11.9 Å². The number of fused-ring (bicyclic) bond motifs is 1. The van der Waals surface area contributed by atoms with E-state index in [9.17, 15) is 4.79 Å². The number of carbonyl (C=O) groups excluding carboxylic acids is 1. The van der Waals surface area contributed by atoms with Crippen molar-refractivity contribution in [3.63, 3.8) is 0 Å². The van der Waals surface area contributed by atoms with E-state index in [1.807, 2.05) is 13.0 Å². The van der Waals surface area contributed by atoms with Gasteiger partial charge in [0.15, 0.2) is 0 Å². The van der Waals surface area contributed by atoms with Crippen molar-refractivity contribution in [2.75, 3.05) is 10.6 Å². The van der Waals surface area contributed by atoms with E-state index in [0.29, 0.717) is 0 Å². The van der Waals surface area contributed by atoms with Crippen molar-refractivity contribution in [1.29, 1.82) is 0 Å². The Balaban J connectivity index is 2.40. The lowest BCUT2D eigenvalue weighted by Gasteiger charge is -2.23. The molecule has 2 N–H and O–H groups in total. The molecule has 0 saturated heterocycles. The van der Waals surface area contributed by atoms with Crippen LogP contribution in [-0.4, -0.2) is 16.9 Å². The van der Waals surface area contributed by atoms with Gasteiger partial charge in [-0.25, -0.2) is 0 Å². The summed E-state index contributed by atoms with van der Waals surface area (Å²) in [5.41, 5.74) is 1.68. The molecule has 0 saturated carbocycles. The van der Waals surface area contributed by atoms with E-state index >= 15 is 0 Å². The number of amides is 1.